The minimum atomic E-state index is 0.175. The van der Waals surface area contributed by atoms with E-state index < -0.39 is 0 Å². The van der Waals surface area contributed by atoms with Crippen LogP contribution in [-0.4, -0.2) is 18.3 Å². The number of benzene rings is 1. The highest BCUT2D eigenvalue weighted by Gasteiger charge is 1.89. The van der Waals surface area contributed by atoms with Gasteiger partial charge >= 0.3 is 0 Å². The van der Waals surface area contributed by atoms with Crippen molar-refractivity contribution in [2.24, 2.45) is 0 Å². The van der Waals surface area contributed by atoms with Crippen LogP contribution < -0.4 is 5.32 Å². The summed E-state index contributed by atoms with van der Waals surface area (Å²) < 4.78 is 0. The minimum Gasteiger partial charge on any atom is -0.395 e. The highest BCUT2D eigenvalue weighted by Crippen LogP contribution is 2.08. The molecular formula is C9H13NO. The average Bonchev–Trinajstić information content (AvgIpc) is 2.01. The first-order chi connectivity index (χ1) is 5.33. The number of aryl methyl sites for hydroxylation is 1. The molecule has 2 N–H and O–H groups in total. The first-order valence-corrected chi connectivity index (χ1v) is 3.74. The summed E-state index contributed by atoms with van der Waals surface area (Å²) in [5.41, 5.74) is 2.30. The summed E-state index contributed by atoms with van der Waals surface area (Å²) in [6.45, 7) is 2.83. The Bertz CT molecular complexity index is 223. The summed E-state index contributed by atoms with van der Waals surface area (Å²) in [4.78, 5) is 0. The lowest BCUT2D eigenvalue weighted by atomic mass is 10.2. The molecule has 0 heterocycles. The SMILES string of the molecule is Cc1cccc(NCCO)c1. The molecule has 0 unspecified atom stereocenters. The van der Waals surface area contributed by atoms with Gasteiger partial charge in [0.15, 0.2) is 0 Å². The van der Waals surface area contributed by atoms with Gasteiger partial charge in [-0.15, -0.1) is 0 Å². The number of anilines is 1. The van der Waals surface area contributed by atoms with Gasteiger partial charge in [-0.1, -0.05) is 12.1 Å². The summed E-state index contributed by atoms with van der Waals surface area (Å²) in [7, 11) is 0. The van der Waals surface area contributed by atoms with Crippen molar-refractivity contribution in [2.75, 3.05) is 18.5 Å². The zero-order valence-electron chi connectivity index (χ0n) is 6.67. The number of aliphatic hydroxyl groups excluding tert-OH is 1. The Balaban J connectivity index is 2.56. The molecule has 0 fully saturated rings. The second-order valence-corrected chi connectivity index (χ2v) is 2.52. The van der Waals surface area contributed by atoms with Crippen LogP contribution in [0.1, 0.15) is 5.56 Å². The van der Waals surface area contributed by atoms with Crippen molar-refractivity contribution in [1.29, 1.82) is 0 Å². The van der Waals surface area contributed by atoms with E-state index in [-0.39, 0.29) is 6.61 Å². The molecule has 2 heteroatoms. The predicted molar refractivity (Wildman–Crippen MR) is 46.8 cm³/mol. The molecule has 0 radical (unpaired) electrons. The lowest BCUT2D eigenvalue weighted by molar-refractivity contribution is 0.311. The van der Waals surface area contributed by atoms with Crippen molar-refractivity contribution in [1.82, 2.24) is 0 Å². The second kappa shape index (κ2) is 3.98. The van der Waals surface area contributed by atoms with E-state index in [0.717, 1.165) is 5.69 Å². The van der Waals surface area contributed by atoms with Gasteiger partial charge in [-0.25, -0.2) is 0 Å². The van der Waals surface area contributed by atoms with Crippen molar-refractivity contribution < 1.29 is 5.11 Å². The third kappa shape index (κ3) is 2.60. The maximum Gasteiger partial charge on any atom is 0.0604 e. The van der Waals surface area contributed by atoms with Crippen molar-refractivity contribution in [2.45, 2.75) is 6.92 Å². The molecule has 0 saturated carbocycles. The zero-order chi connectivity index (χ0) is 8.10. The Morgan fingerprint density at radius 1 is 1.45 bits per heavy atom. The van der Waals surface area contributed by atoms with Gasteiger partial charge in [0.25, 0.3) is 0 Å². The fourth-order valence-electron chi connectivity index (χ4n) is 0.955. The molecule has 0 bridgehead atoms. The van der Waals surface area contributed by atoms with E-state index in [1.165, 1.54) is 5.56 Å². The van der Waals surface area contributed by atoms with Crippen LogP contribution in [0.15, 0.2) is 24.3 Å². The van der Waals surface area contributed by atoms with Gasteiger partial charge < -0.3 is 10.4 Å². The van der Waals surface area contributed by atoms with Gasteiger partial charge in [0.05, 0.1) is 6.61 Å². The van der Waals surface area contributed by atoms with Gasteiger partial charge in [0.2, 0.25) is 0 Å². The molecule has 0 amide bonds. The summed E-state index contributed by atoms with van der Waals surface area (Å²) in [6, 6.07) is 8.08. The molecule has 0 aromatic heterocycles. The van der Waals surface area contributed by atoms with Gasteiger partial charge in [0.1, 0.15) is 0 Å². The summed E-state index contributed by atoms with van der Waals surface area (Å²) in [5, 5.41) is 11.6. The third-order valence-corrected chi connectivity index (χ3v) is 1.46. The van der Waals surface area contributed by atoms with E-state index >= 15 is 0 Å². The summed E-state index contributed by atoms with van der Waals surface area (Å²) in [5.74, 6) is 0. The van der Waals surface area contributed by atoms with E-state index in [0.29, 0.717) is 6.54 Å². The number of nitrogens with one attached hydrogen (secondary N) is 1. The van der Waals surface area contributed by atoms with Crippen LogP contribution in [0.25, 0.3) is 0 Å². The van der Waals surface area contributed by atoms with Crippen molar-refractivity contribution in [3.05, 3.63) is 29.8 Å². The van der Waals surface area contributed by atoms with Crippen molar-refractivity contribution in [3.63, 3.8) is 0 Å². The normalized spacial score (nSPS) is 9.64. The quantitative estimate of drug-likeness (QED) is 0.684. The van der Waals surface area contributed by atoms with Crippen LogP contribution in [0.3, 0.4) is 0 Å². The highest BCUT2D eigenvalue weighted by atomic mass is 16.3. The largest absolute Gasteiger partial charge is 0.395 e. The Labute approximate surface area is 66.9 Å². The molecule has 1 aromatic rings. The number of aliphatic hydroxyl groups is 1. The van der Waals surface area contributed by atoms with E-state index in [1.54, 1.807) is 0 Å². The van der Waals surface area contributed by atoms with Crippen molar-refractivity contribution >= 4 is 5.69 Å². The van der Waals surface area contributed by atoms with Gasteiger partial charge in [-0.2, -0.15) is 0 Å². The Kier molecular flexibility index (Phi) is 2.93. The van der Waals surface area contributed by atoms with Crippen LogP contribution in [-0.2, 0) is 0 Å². The number of hydrogen-bond donors (Lipinski definition) is 2. The lowest BCUT2D eigenvalue weighted by Crippen LogP contribution is -2.04. The molecule has 0 spiro atoms. The van der Waals surface area contributed by atoms with Gasteiger partial charge in [-0.3, -0.25) is 0 Å². The standard InChI is InChI=1S/C9H13NO/c1-8-3-2-4-9(7-8)10-5-6-11/h2-4,7,10-11H,5-6H2,1H3. The molecule has 0 saturated heterocycles. The molecule has 0 aliphatic heterocycles. The zero-order valence-corrected chi connectivity index (χ0v) is 6.67. The van der Waals surface area contributed by atoms with Gasteiger partial charge in [-0.05, 0) is 24.6 Å². The van der Waals surface area contributed by atoms with Crippen LogP contribution in [0.2, 0.25) is 0 Å². The van der Waals surface area contributed by atoms with E-state index in [2.05, 4.69) is 11.4 Å². The Hall–Kier alpha value is -1.02. The van der Waals surface area contributed by atoms with E-state index in [4.69, 9.17) is 5.11 Å². The summed E-state index contributed by atoms with van der Waals surface area (Å²) in [6.07, 6.45) is 0. The van der Waals surface area contributed by atoms with Crippen molar-refractivity contribution in [3.8, 4) is 0 Å². The Morgan fingerprint density at radius 2 is 2.27 bits per heavy atom. The van der Waals surface area contributed by atoms with E-state index in [1.807, 2.05) is 25.1 Å². The first-order valence-electron chi connectivity index (χ1n) is 3.74. The van der Waals surface area contributed by atoms with E-state index in [9.17, 15) is 0 Å². The maximum absolute atomic E-state index is 8.53. The average molecular weight is 151 g/mol. The third-order valence-electron chi connectivity index (χ3n) is 1.46. The minimum absolute atomic E-state index is 0.175. The van der Waals surface area contributed by atoms with Gasteiger partial charge in [0, 0.05) is 12.2 Å². The predicted octanol–water partition coefficient (Wildman–Crippen LogP) is 1.40. The summed E-state index contributed by atoms with van der Waals surface area (Å²) >= 11 is 0. The molecule has 0 aliphatic carbocycles. The number of rotatable bonds is 3. The fourth-order valence-corrected chi connectivity index (χ4v) is 0.955. The fraction of sp³-hybridized carbons (Fsp3) is 0.333. The van der Waals surface area contributed by atoms with Crippen LogP contribution in [0.5, 0.6) is 0 Å². The monoisotopic (exact) mass is 151 g/mol. The second-order valence-electron chi connectivity index (χ2n) is 2.52. The molecule has 0 aliphatic rings. The Morgan fingerprint density at radius 3 is 2.91 bits per heavy atom. The molecule has 2 nitrogen and oxygen atoms in total. The van der Waals surface area contributed by atoms with Crippen LogP contribution in [0, 0.1) is 6.92 Å². The van der Waals surface area contributed by atoms with Crippen LogP contribution >= 0.6 is 0 Å². The molecule has 0 atom stereocenters. The molecule has 11 heavy (non-hydrogen) atoms. The topological polar surface area (TPSA) is 32.3 Å². The smallest absolute Gasteiger partial charge is 0.0604 e. The lowest BCUT2D eigenvalue weighted by Gasteiger charge is -2.03. The molecule has 60 valence electrons. The molecule has 1 aromatic carbocycles. The first kappa shape index (κ1) is 8.08. The molecule has 1 rings (SSSR count). The highest BCUT2D eigenvalue weighted by molar-refractivity contribution is 5.45. The molecular weight excluding hydrogens is 138 g/mol. The maximum atomic E-state index is 8.53. The number of hydrogen-bond acceptors (Lipinski definition) is 2. The van der Waals surface area contributed by atoms with Crippen LogP contribution in [0.4, 0.5) is 5.69 Å².